The summed E-state index contributed by atoms with van der Waals surface area (Å²) < 4.78 is 0. The summed E-state index contributed by atoms with van der Waals surface area (Å²) >= 11 is 0. The van der Waals surface area contributed by atoms with Crippen LogP contribution in [0, 0.1) is 6.92 Å². The van der Waals surface area contributed by atoms with Crippen molar-refractivity contribution >= 4 is 11.5 Å². The number of hydrogen-bond donors (Lipinski definition) is 0. The molecular formula is C13H22N4. The highest BCUT2D eigenvalue weighted by atomic mass is 15.2. The lowest BCUT2D eigenvalue weighted by Crippen LogP contribution is -2.31. The molecule has 17 heavy (non-hydrogen) atoms. The van der Waals surface area contributed by atoms with Gasteiger partial charge in [0.15, 0.2) is 5.82 Å². The molecular weight excluding hydrogens is 212 g/mol. The van der Waals surface area contributed by atoms with Crippen molar-refractivity contribution in [3.8, 4) is 0 Å². The lowest BCUT2D eigenvalue weighted by Gasteiger charge is -2.29. The minimum Gasteiger partial charge on any atom is -0.373 e. The lowest BCUT2D eigenvalue weighted by atomic mass is 10.2. The van der Waals surface area contributed by atoms with Crippen molar-refractivity contribution in [3.05, 3.63) is 12.0 Å². The predicted octanol–water partition coefficient (Wildman–Crippen LogP) is 2.23. The zero-order valence-electron chi connectivity index (χ0n) is 11.3. The summed E-state index contributed by atoms with van der Waals surface area (Å²) in [6.07, 6.45) is 7.18. The highest BCUT2D eigenvalue weighted by Gasteiger charge is 2.23. The maximum absolute atomic E-state index is 4.61. The summed E-state index contributed by atoms with van der Waals surface area (Å²) in [7, 11) is 6.24. The smallest absolute Gasteiger partial charge is 0.155 e. The number of nitrogens with zero attached hydrogens (tertiary/aromatic N) is 4. The number of aromatic nitrogens is 2. The fraction of sp³-hybridized carbons (Fsp3) is 0.692. The third-order valence-corrected chi connectivity index (χ3v) is 3.56. The number of hydrogen-bond acceptors (Lipinski definition) is 4. The molecule has 0 bridgehead atoms. The Morgan fingerprint density at radius 3 is 2.41 bits per heavy atom. The number of rotatable bonds is 3. The Bertz CT molecular complexity index is 383. The topological polar surface area (TPSA) is 32.3 Å². The molecule has 0 saturated heterocycles. The Kier molecular flexibility index (Phi) is 3.50. The fourth-order valence-electron chi connectivity index (χ4n) is 2.49. The van der Waals surface area contributed by atoms with Crippen LogP contribution in [0.15, 0.2) is 6.20 Å². The van der Waals surface area contributed by atoms with Gasteiger partial charge in [-0.15, -0.1) is 0 Å². The van der Waals surface area contributed by atoms with Crippen molar-refractivity contribution in [1.82, 2.24) is 9.97 Å². The SMILES string of the molecule is Cc1ncc(N(C)C)c(N(C)C2CCCC2)n1. The predicted molar refractivity (Wildman–Crippen MR) is 71.8 cm³/mol. The first-order chi connectivity index (χ1) is 8.09. The summed E-state index contributed by atoms with van der Waals surface area (Å²) in [5, 5.41) is 0. The lowest BCUT2D eigenvalue weighted by molar-refractivity contribution is 0.644. The van der Waals surface area contributed by atoms with Gasteiger partial charge in [-0.25, -0.2) is 9.97 Å². The van der Waals surface area contributed by atoms with E-state index in [0.717, 1.165) is 17.3 Å². The van der Waals surface area contributed by atoms with Gasteiger partial charge >= 0.3 is 0 Å². The molecule has 0 unspecified atom stereocenters. The van der Waals surface area contributed by atoms with E-state index in [1.807, 2.05) is 27.2 Å². The Morgan fingerprint density at radius 1 is 1.18 bits per heavy atom. The van der Waals surface area contributed by atoms with Gasteiger partial charge in [-0.1, -0.05) is 12.8 Å². The molecule has 0 spiro atoms. The quantitative estimate of drug-likeness (QED) is 0.803. The highest BCUT2D eigenvalue weighted by Crippen LogP contribution is 2.31. The Balaban J connectivity index is 2.31. The number of aryl methyl sites for hydroxylation is 1. The van der Waals surface area contributed by atoms with E-state index in [1.165, 1.54) is 25.7 Å². The van der Waals surface area contributed by atoms with Gasteiger partial charge in [0.25, 0.3) is 0 Å². The van der Waals surface area contributed by atoms with Crippen molar-refractivity contribution in [1.29, 1.82) is 0 Å². The van der Waals surface area contributed by atoms with Gasteiger partial charge < -0.3 is 9.80 Å². The van der Waals surface area contributed by atoms with E-state index >= 15 is 0 Å². The van der Waals surface area contributed by atoms with E-state index in [-0.39, 0.29) is 0 Å². The van der Waals surface area contributed by atoms with Crippen LogP contribution in [0.5, 0.6) is 0 Å². The molecule has 0 radical (unpaired) electrons. The fourth-order valence-corrected chi connectivity index (χ4v) is 2.49. The van der Waals surface area contributed by atoms with Crippen molar-refractivity contribution in [3.63, 3.8) is 0 Å². The van der Waals surface area contributed by atoms with E-state index in [9.17, 15) is 0 Å². The second kappa shape index (κ2) is 4.90. The Labute approximate surface area is 104 Å². The minimum atomic E-state index is 0.642. The van der Waals surface area contributed by atoms with Crippen molar-refractivity contribution in [2.75, 3.05) is 30.9 Å². The third-order valence-electron chi connectivity index (χ3n) is 3.56. The molecule has 1 aromatic heterocycles. The first kappa shape index (κ1) is 12.1. The molecule has 2 rings (SSSR count). The monoisotopic (exact) mass is 234 g/mol. The summed E-state index contributed by atoms with van der Waals surface area (Å²) in [4.78, 5) is 13.3. The molecule has 1 fully saturated rings. The molecule has 94 valence electrons. The van der Waals surface area contributed by atoms with E-state index in [0.29, 0.717) is 6.04 Å². The molecule has 1 aliphatic carbocycles. The highest BCUT2D eigenvalue weighted by molar-refractivity contribution is 5.65. The average molecular weight is 234 g/mol. The molecule has 1 saturated carbocycles. The maximum Gasteiger partial charge on any atom is 0.155 e. The van der Waals surface area contributed by atoms with Crippen LogP contribution in [0.2, 0.25) is 0 Å². The molecule has 1 aromatic rings. The van der Waals surface area contributed by atoms with Crippen LogP contribution >= 0.6 is 0 Å². The summed E-state index contributed by atoms with van der Waals surface area (Å²) in [5.41, 5.74) is 1.10. The van der Waals surface area contributed by atoms with Gasteiger partial charge in [-0.05, 0) is 19.8 Å². The van der Waals surface area contributed by atoms with Gasteiger partial charge in [-0.2, -0.15) is 0 Å². The third kappa shape index (κ3) is 2.51. The van der Waals surface area contributed by atoms with Crippen LogP contribution in [-0.2, 0) is 0 Å². The van der Waals surface area contributed by atoms with Crippen LogP contribution in [-0.4, -0.2) is 37.2 Å². The van der Waals surface area contributed by atoms with Crippen molar-refractivity contribution in [2.24, 2.45) is 0 Å². The van der Waals surface area contributed by atoms with Gasteiger partial charge in [0.05, 0.1) is 11.9 Å². The Hall–Kier alpha value is -1.32. The normalized spacial score (nSPS) is 16.2. The second-order valence-corrected chi connectivity index (χ2v) is 5.07. The van der Waals surface area contributed by atoms with Crippen molar-refractivity contribution in [2.45, 2.75) is 38.6 Å². The molecule has 0 atom stereocenters. The molecule has 0 N–H and O–H groups in total. The molecule has 4 nitrogen and oxygen atoms in total. The van der Waals surface area contributed by atoms with Crippen LogP contribution in [0.1, 0.15) is 31.5 Å². The summed E-state index contributed by atoms with van der Waals surface area (Å²) in [5.74, 6) is 1.91. The van der Waals surface area contributed by atoms with Crippen LogP contribution < -0.4 is 9.80 Å². The molecule has 0 aliphatic heterocycles. The molecule has 0 amide bonds. The van der Waals surface area contributed by atoms with Gasteiger partial charge in [0.2, 0.25) is 0 Å². The first-order valence-corrected chi connectivity index (χ1v) is 6.33. The zero-order valence-corrected chi connectivity index (χ0v) is 11.3. The van der Waals surface area contributed by atoms with Gasteiger partial charge in [0, 0.05) is 27.2 Å². The van der Waals surface area contributed by atoms with E-state index in [2.05, 4.69) is 26.8 Å². The van der Waals surface area contributed by atoms with Crippen LogP contribution in [0.3, 0.4) is 0 Å². The minimum absolute atomic E-state index is 0.642. The zero-order chi connectivity index (χ0) is 12.4. The molecule has 1 aliphatic rings. The van der Waals surface area contributed by atoms with Crippen molar-refractivity contribution < 1.29 is 0 Å². The van der Waals surface area contributed by atoms with E-state index in [4.69, 9.17) is 0 Å². The maximum atomic E-state index is 4.61. The van der Waals surface area contributed by atoms with Gasteiger partial charge in [0.1, 0.15) is 5.82 Å². The summed E-state index contributed by atoms with van der Waals surface area (Å²) in [6.45, 7) is 1.95. The van der Waals surface area contributed by atoms with Crippen LogP contribution in [0.25, 0.3) is 0 Å². The van der Waals surface area contributed by atoms with E-state index in [1.54, 1.807) is 0 Å². The number of anilines is 2. The molecule has 1 heterocycles. The van der Waals surface area contributed by atoms with E-state index < -0.39 is 0 Å². The standard InChI is InChI=1S/C13H22N4/c1-10-14-9-12(16(2)3)13(15-10)17(4)11-7-5-6-8-11/h9,11H,5-8H2,1-4H3. The first-order valence-electron chi connectivity index (χ1n) is 6.33. The average Bonchev–Trinajstić information content (AvgIpc) is 2.80. The summed E-state index contributed by atoms with van der Waals surface area (Å²) in [6, 6.07) is 0.642. The van der Waals surface area contributed by atoms with Crippen LogP contribution in [0.4, 0.5) is 11.5 Å². The molecule has 4 heteroatoms. The Morgan fingerprint density at radius 2 is 1.82 bits per heavy atom. The molecule has 0 aromatic carbocycles. The second-order valence-electron chi connectivity index (χ2n) is 5.07. The van der Waals surface area contributed by atoms with Gasteiger partial charge in [-0.3, -0.25) is 0 Å². The largest absolute Gasteiger partial charge is 0.373 e.